The predicted octanol–water partition coefficient (Wildman–Crippen LogP) is 4.86. The minimum Gasteiger partial charge on any atom is -0.205 e. The quantitative estimate of drug-likeness (QED) is 0.643. The van der Waals surface area contributed by atoms with E-state index in [1.807, 2.05) is 0 Å². The van der Waals surface area contributed by atoms with Crippen LogP contribution in [0.2, 0.25) is 0 Å². The summed E-state index contributed by atoms with van der Waals surface area (Å²) in [5.74, 6) is 0. The Balaban J connectivity index is 2.08. The molecule has 0 N–H and O–H groups in total. The van der Waals surface area contributed by atoms with Gasteiger partial charge in [-0.3, -0.25) is 0 Å². The van der Waals surface area contributed by atoms with Gasteiger partial charge in [-0.15, -0.1) is 0 Å². The Labute approximate surface area is 163 Å². The molecule has 4 rings (SSSR count). The van der Waals surface area contributed by atoms with E-state index < -0.39 is 0 Å². The molecular formula is C25H30N2+2. The maximum atomic E-state index is 4.40. The van der Waals surface area contributed by atoms with Crippen LogP contribution in [0.1, 0.15) is 48.9 Å². The summed E-state index contributed by atoms with van der Waals surface area (Å²) in [6.45, 7) is 13.0. The lowest BCUT2D eigenvalue weighted by molar-refractivity contribution is -0.686. The smallest absolute Gasteiger partial charge is 0.205 e. The standard InChI is InChI=1S/C25H30N2/c1-5-18(2)16-22-24-20(8-6-13-26(22)4)10-11-21-9-7-14-27-15-12-19(3)17-23(27)25(21)24/h5,10-12,15-17H,4,6-9,13-14H2,1-3H3/q+2. The van der Waals surface area contributed by atoms with Crippen molar-refractivity contribution in [2.24, 2.45) is 0 Å². The first-order valence-electron chi connectivity index (χ1n) is 10.2. The molecule has 2 heteroatoms. The number of hydrogen-bond donors (Lipinski definition) is 0. The van der Waals surface area contributed by atoms with E-state index in [2.05, 4.69) is 79.2 Å². The van der Waals surface area contributed by atoms with Crippen molar-refractivity contribution in [3.05, 3.63) is 70.4 Å². The largest absolute Gasteiger partial charge is 0.213 e. The van der Waals surface area contributed by atoms with Crippen LogP contribution < -0.4 is 4.57 Å². The lowest BCUT2D eigenvalue weighted by atomic mass is 9.88. The van der Waals surface area contributed by atoms with Crippen molar-refractivity contribution in [2.75, 3.05) is 6.54 Å². The highest BCUT2D eigenvalue weighted by molar-refractivity contribution is 5.82. The van der Waals surface area contributed by atoms with Crippen molar-refractivity contribution >= 4 is 12.4 Å². The maximum absolute atomic E-state index is 4.40. The first-order chi connectivity index (χ1) is 13.1. The Morgan fingerprint density at radius 1 is 1.04 bits per heavy atom. The van der Waals surface area contributed by atoms with Crippen molar-refractivity contribution in [3.8, 4) is 11.3 Å². The zero-order valence-corrected chi connectivity index (χ0v) is 16.9. The zero-order chi connectivity index (χ0) is 19.0. The van der Waals surface area contributed by atoms with Crippen LogP contribution in [0.3, 0.4) is 0 Å². The second-order valence-electron chi connectivity index (χ2n) is 7.95. The zero-order valence-electron chi connectivity index (χ0n) is 16.9. The van der Waals surface area contributed by atoms with Crippen molar-refractivity contribution < 1.29 is 9.14 Å². The number of aromatic nitrogens is 1. The summed E-state index contributed by atoms with van der Waals surface area (Å²) < 4.78 is 4.65. The predicted molar refractivity (Wildman–Crippen MR) is 113 cm³/mol. The van der Waals surface area contributed by atoms with E-state index in [0.717, 1.165) is 32.4 Å². The van der Waals surface area contributed by atoms with Crippen LogP contribution in [0.15, 0.2) is 48.2 Å². The third-order valence-electron chi connectivity index (χ3n) is 5.96. The summed E-state index contributed by atoms with van der Waals surface area (Å²) in [6, 6.07) is 9.34. The second kappa shape index (κ2) is 7.26. The topological polar surface area (TPSA) is 6.89 Å². The number of hydrogen-bond acceptors (Lipinski definition) is 0. The van der Waals surface area contributed by atoms with Gasteiger partial charge in [0, 0.05) is 31.1 Å². The maximum Gasteiger partial charge on any atom is 0.213 e. The van der Waals surface area contributed by atoms with Crippen molar-refractivity contribution in [3.63, 3.8) is 0 Å². The summed E-state index contributed by atoms with van der Waals surface area (Å²) in [6.07, 6.45) is 11.4. The fourth-order valence-corrected chi connectivity index (χ4v) is 4.38. The van der Waals surface area contributed by atoms with Crippen molar-refractivity contribution in [1.29, 1.82) is 0 Å². The molecule has 0 amide bonds. The van der Waals surface area contributed by atoms with Crippen LogP contribution in [-0.4, -0.2) is 17.8 Å². The van der Waals surface area contributed by atoms with Gasteiger partial charge in [-0.2, -0.15) is 4.57 Å². The van der Waals surface area contributed by atoms with Crippen LogP contribution in [-0.2, 0) is 19.4 Å². The van der Waals surface area contributed by atoms with Crippen LogP contribution in [0, 0.1) is 6.92 Å². The van der Waals surface area contributed by atoms with Crippen LogP contribution in [0.5, 0.6) is 0 Å². The molecule has 0 saturated carbocycles. The fraction of sp³-hybridized carbons (Fsp3) is 0.360. The van der Waals surface area contributed by atoms with Crippen LogP contribution in [0.4, 0.5) is 0 Å². The number of aryl methyl sites for hydroxylation is 4. The Morgan fingerprint density at radius 2 is 1.74 bits per heavy atom. The van der Waals surface area contributed by atoms with Gasteiger partial charge in [0.15, 0.2) is 6.20 Å². The number of benzene rings is 1. The van der Waals surface area contributed by atoms with E-state index in [9.17, 15) is 0 Å². The third-order valence-corrected chi connectivity index (χ3v) is 5.96. The number of allylic oxidation sites excluding steroid dienone is 3. The molecule has 138 valence electrons. The van der Waals surface area contributed by atoms with Crippen LogP contribution in [0.25, 0.3) is 17.0 Å². The second-order valence-corrected chi connectivity index (χ2v) is 7.95. The van der Waals surface area contributed by atoms with Gasteiger partial charge in [0.1, 0.15) is 19.8 Å². The average Bonchev–Trinajstić information content (AvgIpc) is 2.93. The molecule has 0 radical (unpaired) electrons. The van der Waals surface area contributed by atoms with Gasteiger partial charge in [0.2, 0.25) is 11.4 Å². The Morgan fingerprint density at radius 3 is 2.48 bits per heavy atom. The summed E-state index contributed by atoms with van der Waals surface area (Å²) in [4.78, 5) is 0. The first kappa shape index (κ1) is 17.9. The summed E-state index contributed by atoms with van der Waals surface area (Å²) in [5.41, 5.74) is 11.0. The molecule has 1 aromatic carbocycles. The van der Waals surface area contributed by atoms with E-state index in [-0.39, 0.29) is 0 Å². The van der Waals surface area contributed by atoms with E-state index in [1.165, 1.54) is 51.2 Å². The van der Waals surface area contributed by atoms with Crippen LogP contribution >= 0.6 is 0 Å². The number of pyridine rings is 1. The van der Waals surface area contributed by atoms with E-state index in [4.69, 9.17) is 0 Å². The number of fused-ring (bicyclic) bond motifs is 5. The molecule has 3 heterocycles. The average molecular weight is 359 g/mol. The van der Waals surface area contributed by atoms with Gasteiger partial charge in [0.25, 0.3) is 0 Å². The van der Waals surface area contributed by atoms with Gasteiger partial charge in [-0.05, 0) is 55.9 Å². The van der Waals surface area contributed by atoms with Gasteiger partial charge >= 0.3 is 0 Å². The van der Waals surface area contributed by atoms with E-state index in [1.54, 1.807) is 0 Å². The van der Waals surface area contributed by atoms with Gasteiger partial charge in [-0.25, -0.2) is 4.58 Å². The van der Waals surface area contributed by atoms with Gasteiger partial charge in [0.05, 0.1) is 11.1 Å². The first-order valence-corrected chi connectivity index (χ1v) is 10.2. The lowest BCUT2D eigenvalue weighted by Crippen LogP contribution is -2.35. The van der Waals surface area contributed by atoms with E-state index in [0.29, 0.717) is 0 Å². The monoisotopic (exact) mass is 358 g/mol. The van der Waals surface area contributed by atoms with Crippen molar-refractivity contribution in [1.82, 2.24) is 0 Å². The highest BCUT2D eigenvalue weighted by atomic mass is 15.0. The van der Waals surface area contributed by atoms with Crippen molar-refractivity contribution in [2.45, 2.75) is 53.0 Å². The summed E-state index contributed by atoms with van der Waals surface area (Å²) >= 11 is 0. The van der Waals surface area contributed by atoms with Gasteiger partial charge < -0.3 is 0 Å². The summed E-state index contributed by atoms with van der Waals surface area (Å²) in [5, 5.41) is 0. The Kier molecular flexibility index (Phi) is 4.82. The van der Waals surface area contributed by atoms with Gasteiger partial charge in [-0.1, -0.05) is 18.2 Å². The number of rotatable bonds is 1. The molecule has 2 aliphatic heterocycles. The Hall–Kier alpha value is -2.48. The molecular weight excluding hydrogens is 328 g/mol. The highest BCUT2D eigenvalue weighted by Gasteiger charge is 2.32. The minimum atomic E-state index is 1.00. The lowest BCUT2D eigenvalue weighted by Gasteiger charge is -2.14. The SMILES string of the molecule is C=[N+]1CCCc2ccc3c(c2C1=CC(C)=CC)-c1cc(C)cc[n+]1CCC3. The molecule has 0 fully saturated rings. The Bertz CT molecular complexity index is 976. The molecule has 0 saturated heterocycles. The molecule has 2 aliphatic rings. The molecule has 0 aliphatic carbocycles. The summed E-state index contributed by atoms with van der Waals surface area (Å²) in [7, 11) is 0. The molecule has 27 heavy (non-hydrogen) atoms. The highest BCUT2D eigenvalue weighted by Crippen LogP contribution is 2.38. The third kappa shape index (κ3) is 3.29. The molecule has 2 nitrogen and oxygen atoms in total. The molecule has 2 aromatic rings. The molecule has 0 bridgehead atoms. The minimum absolute atomic E-state index is 1.00. The molecule has 0 atom stereocenters. The molecule has 0 spiro atoms. The van der Waals surface area contributed by atoms with E-state index >= 15 is 0 Å². The molecule has 0 unspecified atom stereocenters. The normalized spacial score (nSPS) is 18.4. The fourth-order valence-electron chi connectivity index (χ4n) is 4.38. The molecule has 1 aromatic heterocycles. The number of nitrogens with zero attached hydrogens (tertiary/aromatic N) is 2.